The van der Waals surface area contributed by atoms with Crippen molar-refractivity contribution in [2.45, 2.75) is 6.92 Å². The van der Waals surface area contributed by atoms with Gasteiger partial charge in [0.15, 0.2) is 0 Å². The van der Waals surface area contributed by atoms with Crippen LogP contribution in [0.15, 0.2) is 24.4 Å². The van der Waals surface area contributed by atoms with Crippen molar-refractivity contribution >= 4 is 12.0 Å². The normalized spacial score (nSPS) is 10.5. The molecule has 0 aromatic carbocycles. The van der Waals surface area contributed by atoms with Gasteiger partial charge in [0.05, 0.1) is 0 Å². The first-order valence-electron chi connectivity index (χ1n) is 4.41. The molecule has 1 heterocycles. The number of hydrogen-bond donors (Lipinski definition) is 0. The minimum Gasteiger partial charge on any atom is -0.345 e. The van der Waals surface area contributed by atoms with Crippen LogP contribution in [0, 0.1) is 6.92 Å². The number of hydrogen-bond acceptors (Lipinski definition) is 2. The Morgan fingerprint density at radius 3 is 2.79 bits per heavy atom. The van der Waals surface area contributed by atoms with E-state index in [1.54, 1.807) is 32.4 Å². The molecule has 0 saturated heterocycles. The molecule has 1 aromatic heterocycles. The summed E-state index contributed by atoms with van der Waals surface area (Å²) < 4.78 is 0. The predicted octanol–water partition coefficient (Wildman–Crippen LogP) is 1.49. The first-order chi connectivity index (χ1) is 6.59. The Morgan fingerprint density at radius 2 is 2.21 bits per heavy atom. The van der Waals surface area contributed by atoms with Gasteiger partial charge in [-0.2, -0.15) is 0 Å². The largest absolute Gasteiger partial charge is 0.345 e. The van der Waals surface area contributed by atoms with Gasteiger partial charge in [-0.3, -0.25) is 9.78 Å². The Balaban J connectivity index is 2.74. The number of carbonyl (C=O) groups is 1. The molecular formula is C11H14N2O. The topological polar surface area (TPSA) is 33.2 Å². The Labute approximate surface area is 84.1 Å². The second kappa shape index (κ2) is 4.56. The molecule has 0 aliphatic carbocycles. The molecule has 0 bridgehead atoms. The van der Waals surface area contributed by atoms with Crippen LogP contribution in [-0.2, 0) is 4.79 Å². The number of carbonyl (C=O) groups excluding carboxylic acids is 1. The van der Waals surface area contributed by atoms with Crippen LogP contribution >= 0.6 is 0 Å². The molecule has 0 unspecified atom stereocenters. The maximum absolute atomic E-state index is 11.2. The van der Waals surface area contributed by atoms with Crippen molar-refractivity contribution in [1.29, 1.82) is 0 Å². The minimum atomic E-state index is -0.0144. The predicted molar refractivity (Wildman–Crippen MR) is 56.7 cm³/mol. The van der Waals surface area contributed by atoms with E-state index < -0.39 is 0 Å². The molecule has 14 heavy (non-hydrogen) atoms. The Bertz CT molecular complexity index is 356. The third-order valence-electron chi connectivity index (χ3n) is 1.78. The smallest absolute Gasteiger partial charge is 0.246 e. The molecule has 0 N–H and O–H groups in total. The summed E-state index contributed by atoms with van der Waals surface area (Å²) in [5, 5.41) is 0. The maximum atomic E-state index is 11.2. The second-order valence-corrected chi connectivity index (χ2v) is 3.30. The molecule has 3 heteroatoms. The van der Waals surface area contributed by atoms with Gasteiger partial charge in [0.25, 0.3) is 0 Å². The molecule has 1 amide bonds. The van der Waals surface area contributed by atoms with Gasteiger partial charge in [-0.1, -0.05) is 0 Å². The number of aryl methyl sites for hydroxylation is 1. The van der Waals surface area contributed by atoms with Crippen LogP contribution in [-0.4, -0.2) is 29.9 Å². The molecule has 0 saturated carbocycles. The number of pyridine rings is 1. The lowest BCUT2D eigenvalue weighted by Gasteiger charge is -2.05. The highest BCUT2D eigenvalue weighted by molar-refractivity contribution is 5.91. The van der Waals surface area contributed by atoms with E-state index in [4.69, 9.17) is 0 Å². The van der Waals surface area contributed by atoms with Gasteiger partial charge in [0.2, 0.25) is 5.91 Å². The van der Waals surface area contributed by atoms with Crippen LogP contribution in [0.25, 0.3) is 6.08 Å². The molecule has 0 radical (unpaired) electrons. The van der Waals surface area contributed by atoms with Gasteiger partial charge in [0.1, 0.15) is 0 Å². The van der Waals surface area contributed by atoms with Gasteiger partial charge < -0.3 is 4.90 Å². The average Bonchev–Trinajstić information content (AvgIpc) is 2.14. The molecule has 74 valence electrons. The van der Waals surface area contributed by atoms with Crippen LogP contribution < -0.4 is 0 Å². The van der Waals surface area contributed by atoms with Crippen molar-refractivity contribution in [2.24, 2.45) is 0 Å². The Kier molecular flexibility index (Phi) is 3.40. The van der Waals surface area contributed by atoms with Crippen molar-refractivity contribution < 1.29 is 4.79 Å². The molecule has 0 aliphatic heterocycles. The summed E-state index contributed by atoms with van der Waals surface area (Å²) in [7, 11) is 3.45. The quantitative estimate of drug-likeness (QED) is 0.662. The summed E-state index contributed by atoms with van der Waals surface area (Å²) >= 11 is 0. The highest BCUT2D eigenvalue weighted by atomic mass is 16.2. The summed E-state index contributed by atoms with van der Waals surface area (Å²) in [6, 6.07) is 3.80. The lowest BCUT2D eigenvalue weighted by molar-refractivity contribution is -0.123. The monoisotopic (exact) mass is 190 g/mol. The molecule has 0 aliphatic rings. The third kappa shape index (κ3) is 3.01. The minimum absolute atomic E-state index is 0.0144. The van der Waals surface area contributed by atoms with Crippen LogP contribution in [0.4, 0.5) is 0 Å². The van der Waals surface area contributed by atoms with E-state index in [1.807, 2.05) is 19.1 Å². The first kappa shape index (κ1) is 10.4. The highest BCUT2D eigenvalue weighted by Crippen LogP contribution is 2.03. The van der Waals surface area contributed by atoms with Gasteiger partial charge in [-0.25, -0.2) is 0 Å². The maximum Gasteiger partial charge on any atom is 0.246 e. The third-order valence-corrected chi connectivity index (χ3v) is 1.78. The van der Waals surface area contributed by atoms with E-state index in [1.165, 1.54) is 4.90 Å². The van der Waals surface area contributed by atoms with Crippen molar-refractivity contribution in [3.05, 3.63) is 35.7 Å². The molecule has 0 spiro atoms. The fourth-order valence-electron chi connectivity index (χ4n) is 0.988. The number of nitrogens with zero attached hydrogens (tertiary/aromatic N) is 2. The van der Waals surface area contributed by atoms with Crippen LogP contribution in [0.5, 0.6) is 0 Å². The van der Waals surface area contributed by atoms with Crippen molar-refractivity contribution in [2.75, 3.05) is 14.1 Å². The lowest BCUT2D eigenvalue weighted by Crippen LogP contribution is -2.18. The molecular weight excluding hydrogens is 176 g/mol. The summed E-state index contributed by atoms with van der Waals surface area (Å²) in [5.41, 5.74) is 1.94. The number of rotatable bonds is 2. The standard InChI is InChI=1S/C11H14N2O/c1-9-8-10(6-7-12-9)4-5-11(14)13(2)3/h4-8H,1-3H3/b5-4+. The molecule has 0 fully saturated rings. The zero-order chi connectivity index (χ0) is 10.6. The molecule has 1 aromatic rings. The zero-order valence-corrected chi connectivity index (χ0v) is 8.69. The summed E-state index contributed by atoms with van der Waals surface area (Å²) in [5.74, 6) is -0.0144. The zero-order valence-electron chi connectivity index (χ0n) is 8.69. The summed E-state index contributed by atoms with van der Waals surface area (Å²) in [6.45, 7) is 1.92. The van der Waals surface area contributed by atoms with Gasteiger partial charge in [-0.15, -0.1) is 0 Å². The van der Waals surface area contributed by atoms with E-state index in [2.05, 4.69) is 4.98 Å². The van der Waals surface area contributed by atoms with E-state index in [9.17, 15) is 4.79 Å². The van der Waals surface area contributed by atoms with Crippen LogP contribution in [0.2, 0.25) is 0 Å². The fourth-order valence-corrected chi connectivity index (χ4v) is 0.988. The number of amides is 1. The lowest BCUT2D eigenvalue weighted by atomic mass is 10.2. The number of likely N-dealkylation sites (N-methyl/N-ethyl adjacent to an activating group) is 1. The van der Waals surface area contributed by atoms with Gasteiger partial charge in [0, 0.05) is 32.1 Å². The first-order valence-corrected chi connectivity index (χ1v) is 4.41. The molecule has 1 rings (SSSR count). The van der Waals surface area contributed by atoms with E-state index >= 15 is 0 Å². The molecule has 3 nitrogen and oxygen atoms in total. The van der Waals surface area contributed by atoms with E-state index in [0.29, 0.717) is 0 Å². The Morgan fingerprint density at radius 1 is 1.50 bits per heavy atom. The summed E-state index contributed by atoms with van der Waals surface area (Å²) in [6.07, 6.45) is 5.07. The van der Waals surface area contributed by atoms with Crippen LogP contribution in [0.3, 0.4) is 0 Å². The second-order valence-electron chi connectivity index (χ2n) is 3.30. The summed E-state index contributed by atoms with van der Waals surface area (Å²) in [4.78, 5) is 16.8. The van der Waals surface area contributed by atoms with Gasteiger partial charge in [-0.05, 0) is 30.7 Å². The SMILES string of the molecule is Cc1cc(/C=C/C(=O)N(C)C)ccn1. The average molecular weight is 190 g/mol. The molecule has 0 atom stereocenters. The highest BCUT2D eigenvalue weighted by Gasteiger charge is 1.96. The van der Waals surface area contributed by atoms with Gasteiger partial charge >= 0.3 is 0 Å². The number of aromatic nitrogens is 1. The fraction of sp³-hybridized carbons (Fsp3) is 0.273. The van der Waals surface area contributed by atoms with E-state index in [-0.39, 0.29) is 5.91 Å². The van der Waals surface area contributed by atoms with Crippen molar-refractivity contribution in [3.63, 3.8) is 0 Å². The van der Waals surface area contributed by atoms with Crippen molar-refractivity contribution in [1.82, 2.24) is 9.88 Å². The van der Waals surface area contributed by atoms with E-state index in [0.717, 1.165) is 11.3 Å². The Hall–Kier alpha value is -1.64. The van der Waals surface area contributed by atoms with Crippen molar-refractivity contribution in [3.8, 4) is 0 Å². The van der Waals surface area contributed by atoms with Crippen LogP contribution in [0.1, 0.15) is 11.3 Å².